The summed E-state index contributed by atoms with van der Waals surface area (Å²) < 4.78 is 45.2. The lowest BCUT2D eigenvalue weighted by molar-refractivity contribution is -0.121. The molecule has 3 aromatic rings. The average Bonchev–Trinajstić information content (AvgIpc) is 3.41. The van der Waals surface area contributed by atoms with Crippen molar-refractivity contribution in [3.63, 3.8) is 0 Å². The zero-order valence-corrected chi connectivity index (χ0v) is 17.5. The van der Waals surface area contributed by atoms with Crippen LogP contribution >= 0.6 is 11.3 Å². The van der Waals surface area contributed by atoms with E-state index in [4.69, 9.17) is 4.42 Å². The van der Waals surface area contributed by atoms with Crippen molar-refractivity contribution in [1.82, 2.24) is 14.5 Å². The molecule has 1 aliphatic rings. The molecule has 0 atom stereocenters. The molecule has 8 nitrogen and oxygen atoms in total. The van der Waals surface area contributed by atoms with Crippen LogP contribution in [0.1, 0.15) is 23.6 Å². The van der Waals surface area contributed by atoms with Crippen molar-refractivity contribution < 1.29 is 22.0 Å². The maximum atomic E-state index is 13.1. The van der Waals surface area contributed by atoms with Crippen molar-refractivity contribution in [2.45, 2.75) is 24.2 Å². The van der Waals surface area contributed by atoms with Gasteiger partial charge in [-0.1, -0.05) is 11.2 Å². The van der Waals surface area contributed by atoms with Crippen molar-refractivity contribution in [3.8, 4) is 0 Å². The van der Waals surface area contributed by atoms with Gasteiger partial charge in [0.25, 0.3) is 0 Å². The quantitative estimate of drug-likeness (QED) is 0.619. The van der Waals surface area contributed by atoms with Crippen molar-refractivity contribution in [2.75, 3.05) is 18.4 Å². The third kappa shape index (κ3) is 4.58. The molecule has 1 N–H and O–H groups in total. The van der Waals surface area contributed by atoms with Crippen LogP contribution in [-0.2, 0) is 21.2 Å². The third-order valence-electron chi connectivity index (χ3n) is 4.88. The molecule has 0 bridgehead atoms. The number of hydrogen-bond acceptors (Lipinski definition) is 7. The fraction of sp³-hybridized carbons (Fsp3) is 0.316. The van der Waals surface area contributed by atoms with Gasteiger partial charge in [-0.2, -0.15) is 4.31 Å². The van der Waals surface area contributed by atoms with Crippen LogP contribution in [0.5, 0.6) is 0 Å². The van der Waals surface area contributed by atoms with Gasteiger partial charge in [0.2, 0.25) is 21.8 Å². The van der Waals surface area contributed by atoms with Gasteiger partial charge in [-0.25, -0.2) is 12.8 Å². The molecule has 1 aliphatic heterocycles. The number of hydrogen-bond donors (Lipinski definition) is 1. The zero-order valence-electron chi connectivity index (χ0n) is 15.8. The predicted molar refractivity (Wildman–Crippen MR) is 108 cm³/mol. The first kappa shape index (κ1) is 20.6. The maximum absolute atomic E-state index is 13.1. The average molecular weight is 451 g/mol. The Bertz CT molecular complexity index is 1110. The van der Waals surface area contributed by atoms with Crippen LogP contribution in [0, 0.1) is 11.7 Å². The van der Waals surface area contributed by atoms with Crippen molar-refractivity contribution >= 4 is 33.3 Å². The highest BCUT2D eigenvalue weighted by atomic mass is 32.2. The molecule has 1 fully saturated rings. The van der Waals surface area contributed by atoms with E-state index < -0.39 is 15.8 Å². The van der Waals surface area contributed by atoms with Crippen LogP contribution in [0.4, 0.5) is 10.4 Å². The van der Waals surface area contributed by atoms with E-state index in [-0.39, 0.29) is 35.8 Å². The molecule has 0 radical (unpaired) electrons. The number of aromatic nitrogens is 2. The Morgan fingerprint density at radius 1 is 1.20 bits per heavy atom. The highest BCUT2D eigenvalue weighted by Gasteiger charge is 2.32. The van der Waals surface area contributed by atoms with E-state index in [0.717, 1.165) is 17.0 Å². The van der Waals surface area contributed by atoms with E-state index in [1.54, 1.807) is 11.3 Å². The standard InChI is InChI=1S/C19H19FN4O4S2/c20-14-3-5-16(6-4-14)30(26,27)24-9-7-13(8-10-24)18(25)21-19-23-22-17(28-19)12-15-2-1-11-29-15/h1-6,11,13H,7-10,12H2,(H,21,23,25). The highest BCUT2D eigenvalue weighted by Crippen LogP contribution is 2.25. The second kappa shape index (κ2) is 8.62. The molecule has 1 aromatic carbocycles. The second-order valence-electron chi connectivity index (χ2n) is 6.88. The Morgan fingerprint density at radius 3 is 2.60 bits per heavy atom. The van der Waals surface area contributed by atoms with Gasteiger partial charge in [0.15, 0.2) is 0 Å². The van der Waals surface area contributed by atoms with Crippen molar-refractivity contribution in [1.29, 1.82) is 0 Å². The Hall–Kier alpha value is -2.63. The fourth-order valence-corrected chi connectivity index (χ4v) is 5.42. The normalized spacial score (nSPS) is 15.9. The molecule has 0 aliphatic carbocycles. The Balaban J connectivity index is 1.32. The van der Waals surface area contributed by atoms with Gasteiger partial charge in [0, 0.05) is 23.9 Å². The minimum absolute atomic E-state index is 0.0351. The minimum atomic E-state index is -3.71. The maximum Gasteiger partial charge on any atom is 0.322 e. The molecule has 30 heavy (non-hydrogen) atoms. The van der Waals surface area contributed by atoms with Crippen LogP contribution < -0.4 is 5.32 Å². The van der Waals surface area contributed by atoms with Gasteiger partial charge in [0.1, 0.15) is 5.82 Å². The summed E-state index contributed by atoms with van der Waals surface area (Å²) in [6, 6.07) is 8.64. The van der Waals surface area contributed by atoms with Gasteiger partial charge in [-0.05, 0) is 48.6 Å². The first-order valence-corrected chi connectivity index (χ1v) is 11.6. The molecule has 1 saturated heterocycles. The monoisotopic (exact) mass is 450 g/mol. The van der Waals surface area contributed by atoms with Crippen LogP contribution in [0.3, 0.4) is 0 Å². The van der Waals surface area contributed by atoms with Crippen LogP contribution in [0.2, 0.25) is 0 Å². The number of benzene rings is 1. The summed E-state index contributed by atoms with van der Waals surface area (Å²) in [5, 5.41) is 12.4. The lowest BCUT2D eigenvalue weighted by atomic mass is 9.97. The number of nitrogens with one attached hydrogen (secondary N) is 1. The van der Waals surface area contributed by atoms with Gasteiger partial charge in [-0.3, -0.25) is 10.1 Å². The number of sulfonamides is 1. The summed E-state index contributed by atoms with van der Waals surface area (Å²) in [5.41, 5.74) is 0. The summed E-state index contributed by atoms with van der Waals surface area (Å²) >= 11 is 1.58. The largest absolute Gasteiger partial charge is 0.407 e. The van der Waals surface area contributed by atoms with Gasteiger partial charge >= 0.3 is 6.01 Å². The number of thiophene rings is 1. The summed E-state index contributed by atoms with van der Waals surface area (Å²) in [4.78, 5) is 13.6. The second-order valence-corrected chi connectivity index (χ2v) is 9.85. The minimum Gasteiger partial charge on any atom is -0.407 e. The van der Waals surface area contributed by atoms with E-state index in [1.165, 1.54) is 16.4 Å². The van der Waals surface area contributed by atoms with Crippen molar-refractivity contribution in [2.24, 2.45) is 5.92 Å². The fourth-order valence-electron chi connectivity index (χ4n) is 3.26. The predicted octanol–water partition coefficient (Wildman–Crippen LogP) is 2.90. The summed E-state index contributed by atoms with van der Waals surface area (Å²) in [6.45, 7) is 0.399. The van der Waals surface area contributed by atoms with E-state index in [0.29, 0.717) is 25.2 Å². The SMILES string of the molecule is O=C(Nc1nnc(Cc2cccs2)o1)C1CCN(S(=O)(=O)c2ccc(F)cc2)CC1. The summed E-state index contributed by atoms with van der Waals surface area (Å²) in [6.07, 6.45) is 1.23. The zero-order chi connectivity index (χ0) is 21.1. The summed E-state index contributed by atoms with van der Waals surface area (Å²) in [5.74, 6) is -0.727. The number of anilines is 1. The number of carbonyl (C=O) groups excluding carboxylic acids is 1. The Morgan fingerprint density at radius 2 is 1.93 bits per heavy atom. The number of carbonyl (C=O) groups is 1. The van der Waals surface area contributed by atoms with Crippen LogP contribution in [-0.4, -0.2) is 41.9 Å². The lowest BCUT2D eigenvalue weighted by Crippen LogP contribution is -2.41. The summed E-state index contributed by atoms with van der Waals surface area (Å²) in [7, 11) is -3.71. The third-order valence-corrected chi connectivity index (χ3v) is 7.67. The highest BCUT2D eigenvalue weighted by molar-refractivity contribution is 7.89. The Labute approximate surface area is 176 Å². The van der Waals surface area contributed by atoms with E-state index in [1.807, 2.05) is 17.5 Å². The lowest BCUT2D eigenvalue weighted by Gasteiger charge is -2.30. The first-order valence-electron chi connectivity index (χ1n) is 9.33. The number of nitrogens with zero attached hydrogens (tertiary/aromatic N) is 3. The molecule has 0 unspecified atom stereocenters. The van der Waals surface area contributed by atoms with Crippen LogP contribution in [0.15, 0.2) is 51.1 Å². The molecule has 1 amide bonds. The number of rotatable bonds is 6. The van der Waals surface area contributed by atoms with E-state index >= 15 is 0 Å². The van der Waals surface area contributed by atoms with Gasteiger partial charge < -0.3 is 4.42 Å². The molecule has 11 heteroatoms. The van der Waals surface area contributed by atoms with Crippen molar-refractivity contribution in [3.05, 3.63) is 58.4 Å². The van der Waals surface area contributed by atoms with Gasteiger partial charge in [-0.15, -0.1) is 16.4 Å². The number of piperidine rings is 1. The van der Waals surface area contributed by atoms with E-state index in [9.17, 15) is 17.6 Å². The molecule has 3 heterocycles. The molecule has 0 spiro atoms. The topological polar surface area (TPSA) is 105 Å². The molecule has 158 valence electrons. The van der Waals surface area contributed by atoms with Crippen LogP contribution in [0.25, 0.3) is 0 Å². The van der Waals surface area contributed by atoms with E-state index in [2.05, 4.69) is 15.5 Å². The molecule has 0 saturated carbocycles. The van der Waals surface area contributed by atoms with Gasteiger partial charge in [0.05, 0.1) is 11.3 Å². The molecule has 2 aromatic heterocycles. The first-order chi connectivity index (χ1) is 14.4. The molecular weight excluding hydrogens is 431 g/mol. The molecule has 4 rings (SSSR count). The number of halogens is 1. The smallest absolute Gasteiger partial charge is 0.322 e. The molecular formula is C19H19FN4O4S2. The Kier molecular flexibility index (Phi) is 5.93. The number of amides is 1.